The Bertz CT molecular complexity index is 390. The Morgan fingerprint density at radius 1 is 1.56 bits per heavy atom. The molecule has 4 N–H and O–H groups in total. The second-order valence-corrected chi connectivity index (χ2v) is 3.60. The van der Waals surface area contributed by atoms with Crippen LogP contribution in [0.25, 0.3) is 0 Å². The van der Waals surface area contributed by atoms with Crippen molar-refractivity contribution in [3.8, 4) is 0 Å². The lowest BCUT2D eigenvalue weighted by atomic mass is 10.1. The number of hydrogen-bond donors (Lipinski definition) is 3. The van der Waals surface area contributed by atoms with Gasteiger partial charge in [0.2, 0.25) is 0 Å². The van der Waals surface area contributed by atoms with Crippen molar-refractivity contribution in [2.75, 3.05) is 25.6 Å². The number of amidine groups is 1. The minimum absolute atomic E-state index is 0.0323. The number of anilines is 1. The molecule has 0 saturated carbocycles. The molecule has 0 fully saturated rings. The first-order valence-electron chi connectivity index (χ1n) is 5.11. The molecule has 16 heavy (non-hydrogen) atoms. The first-order valence-corrected chi connectivity index (χ1v) is 5.11. The van der Waals surface area contributed by atoms with Crippen LogP contribution in [0.3, 0.4) is 0 Å². The summed E-state index contributed by atoms with van der Waals surface area (Å²) in [5.74, 6) is 0.0323. The normalized spacial score (nSPS) is 10.2. The quantitative estimate of drug-likeness (QED) is 0.395. The maximum absolute atomic E-state index is 7.53. The number of methoxy groups -OCH3 is 1. The molecular formula is C11H18N4O. The fourth-order valence-corrected chi connectivity index (χ4v) is 1.60. The molecule has 0 atom stereocenters. The second-order valence-electron chi connectivity index (χ2n) is 3.60. The smallest absolute Gasteiger partial charge is 0.126 e. The van der Waals surface area contributed by atoms with Crippen LogP contribution in [0.5, 0.6) is 0 Å². The van der Waals surface area contributed by atoms with E-state index in [9.17, 15) is 0 Å². The molecule has 0 unspecified atom stereocenters. The number of rotatable bonds is 5. The van der Waals surface area contributed by atoms with Gasteiger partial charge in [0.1, 0.15) is 5.84 Å². The molecule has 0 radical (unpaired) electrons. The molecular weight excluding hydrogens is 204 g/mol. The monoisotopic (exact) mass is 222 g/mol. The number of nitrogens with one attached hydrogen (secondary N) is 2. The van der Waals surface area contributed by atoms with Crippen LogP contribution in [0.15, 0.2) is 6.07 Å². The van der Waals surface area contributed by atoms with Crippen molar-refractivity contribution in [2.45, 2.75) is 13.8 Å². The van der Waals surface area contributed by atoms with Gasteiger partial charge in [-0.25, -0.2) is 0 Å². The Morgan fingerprint density at radius 2 is 2.25 bits per heavy atom. The molecule has 1 heterocycles. The van der Waals surface area contributed by atoms with E-state index in [0.717, 1.165) is 17.1 Å². The average molecular weight is 222 g/mol. The number of nitrogen functional groups attached to an aromatic ring is 1. The Morgan fingerprint density at radius 3 is 2.81 bits per heavy atom. The molecule has 88 valence electrons. The zero-order valence-electron chi connectivity index (χ0n) is 9.92. The molecule has 1 aromatic rings. The van der Waals surface area contributed by atoms with Crippen LogP contribution in [-0.2, 0) is 4.74 Å². The molecule has 0 amide bonds. The molecule has 0 aliphatic carbocycles. The molecule has 0 aliphatic rings. The van der Waals surface area contributed by atoms with E-state index in [1.807, 2.05) is 19.9 Å². The van der Waals surface area contributed by atoms with Gasteiger partial charge in [-0.05, 0) is 19.9 Å². The zero-order valence-corrected chi connectivity index (χ0v) is 9.92. The summed E-state index contributed by atoms with van der Waals surface area (Å²) in [5.41, 5.74) is 8.73. The van der Waals surface area contributed by atoms with Crippen LogP contribution >= 0.6 is 0 Å². The lowest BCUT2D eigenvalue weighted by Gasteiger charge is -2.13. The number of hydrogen-bond acceptors (Lipinski definition) is 4. The van der Waals surface area contributed by atoms with Crippen molar-refractivity contribution in [3.05, 3.63) is 23.0 Å². The minimum Gasteiger partial charge on any atom is -0.384 e. The van der Waals surface area contributed by atoms with Crippen LogP contribution in [0.4, 0.5) is 5.69 Å². The highest BCUT2D eigenvalue weighted by Crippen LogP contribution is 2.18. The highest BCUT2D eigenvalue weighted by atomic mass is 16.5. The number of pyridine rings is 1. The lowest BCUT2D eigenvalue weighted by molar-refractivity contribution is 0.211. The lowest BCUT2D eigenvalue weighted by Crippen LogP contribution is -2.19. The number of aromatic nitrogens is 1. The van der Waals surface area contributed by atoms with Crippen molar-refractivity contribution in [1.29, 1.82) is 5.41 Å². The van der Waals surface area contributed by atoms with E-state index >= 15 is 0 Å². The van der Waals surface area contributed by atoms with Gasteiger partial charge in [-0.15, -0.1) is 0 Å². The summed E-state index contributed by atoms with van der Waals surface area (Å²) in [5, 5.41) is 10.7. The number of nitrogens with two attached hydrogens (primary N) is 1. The first kappa shape index (κ1) is 12.4. The second kappa shape index (κ2) is 5.46. The van der Waals surface area contributed by atoms with Gasteiger partial charge in [-0.2, -0.15) is 0 Å². The van der Waals surface area contributed by atoms with Crippen molar-refractivity contribution < 1.29 is 4.74 Å². The van der Waals surface area contributed by atoms with E-state index in [-0.39, 0.29) is 5.84 Å². The Hall–Kier alpha value is -1.62. The molecule has 1 rings (SSSR count). The van der Waals surface area contributed by atoms with Gasteiger partial charge in [0.25, 0.3) is 0 Å². The van der Waals surface area contributed by atoms with Crippen molar-refractivity contribution in [1.82, 2.24) is 4.98 Å². The summed E-state index contributed by atoms with van der Waals surface area (Å²) in [4.78, 5) is 4.29. The van der Waals surface area contributed by atoms with Crippen molar-refractivity contribution >= 4 is 11.5 Å². The summed E-state index contributed by atoms with van der Waals surface area (Å²) in [6.07, 6.45) is 0. The SMILES string of the molecule is COCCNc1cc(C)nc(C)c1C(=N)N. The van der Waals surface area contributed by atoms with Gasteiger partial charge in [-0.3, -0.25) is 10.4 Å². The standard InChI is InChI=1S/C11H18N4O/c1-7-6-9(14-4-5-16-3)10(11(12)13)8(2)15-7/h6H,4-5H2,1-3H3,(H3,12,13)(H,14,15). The average Bonchev–Trinajstić information content (AvgIpc) is 2.16. The van der Waals surface area contributed by atoms with Gasteiger partial charge in [0.05, 0.1) is 17.9 Å². The highest BCUT2D eigenvalue weighted by molar-refractivity contribution is 6.01. The van der Waals surface area contributed by atoms with Crippen molar-refractivity contribution in [3.63, 3.8) is 0 Å². The van der Waals surface area contributed by atoms with Crippen molar-refractivity contribution in [2.24, 2.45) is 5.73 Å². The van der Waals surface area contributed by atoms with E-state index in [1.54, 1.807) is 7.11 Å². The molecule has 5 heteroatoms. The zero-order chi connectivity index (χ0) is 12.1. The van der Waals surface area contributed by atoms with E-state index < -0.39 is 0 Å². The summed E-state index contributed by atoms with van der Waals surface area (Å²) >= 11 is 0. The number of nitrogens with zero attached hydrogens (tertiary/aromatic N) is 1. The summed E-state index contributed by atoms with van der Waals surface area (Å²) in [7, 11) is 1.65. The fourth-order valence-electron chi connectivity index (χ4n) is 1.60. The number of ether oxygens (including phenoxy) is 1. The summed E-state index contributed by atoms with van der Waals surface area (Å²) < 4.78 is 4.96. The third-order valence-electron chi connectivity index (χ3n) is 2.22. The highest BCUT2D eigenvalue weighted by Gasteiger charge is 2.10. The third kappa shape index (κ3) is 2.93. The molecule has 1 aromatic heterocycles. The van der Waals surface area contributed by atoms with Gasteiger partial charge in [0, 0.05) is 25.0 Å². The molecule has 0 spiro atoms. The van der Waals surface area contributed by atoms with Gasteiger partial charge >= 0.3 is 0 Å². The molecule has 0 bridgehead atoms. The molecule has 0 aliphatic heterocycles. The number of aryl methyl sites for hydroxylation is 2. The van der Waals surface area contributed by atoms with E-state index in [2.05, 4.69) is 10.3 Å². The largest absolute Gasteiger partial charge is 0.384 e. The minimum atomic E-state index is 0.0323. The van der Waals surface area contributed by atoms with Gasteiger partial charge in [0.15, 0.2) is 0 Å². The van der Waals surface area contributed by atoms with Crippen LogP contribution < -0.4 is 11.1 Å². The third-order valence-corrected chi connectivity index (χ3v) is 2.22. The van der Waals surface area contributed by atoms with Crippen LogP contribution in [0, 0.1) is 19.3 Å². The van der Waals surface area contributed by atoms with Crippen LogP contribution in [-0.4, -0.2) is 31.1 Å². The maximum Gasteiger partial charge on any atom is 0.126 e. The Balaban J connectivity index is 2.99. The first-order chi connectivity index (χ1) is 7.56. The Labute approximate surface area is 95.5 Å². The Kier molecular flexibility index (Phi) is 4.25. The van der Waals surface area contributed by atoms with Crippen LogP contribution in [0.1, 0.15) is 17.0 Å². The van der Waals surface area contributed by atoms with Gasteiger partial charge in [-0.1, -0.05) is 0 Å². The fraction of sp³-hybridized carbons (Fsp3) is 0.455. The molecule has 0 aromatic carbocycles. The predicted molar refractivity (Wildman–Crippen MR) is 65.1 cm³/mol. The topological polar surface area (TPSA) is 84.0 Å². The maximum atomic E-state index is 7.53. The molecule has 0 saturated heterocycles. The van der Waals surface area contributed by atoms with E-state index in [1.165, 1.54) is 0 Å². The van der Waals surface area contributed by atoms with Crippen LogP contribution in [0.2, 0.25) is 0 Å². The van der Waals surface area contributed by atoms with E-state index in [0.29, 0.717) is 18.7 Å². The molecule has 5 nitrogen and oxygen atoms in total. The summed E-state index contributed by atoms with van der Waals surface area (Å²) in [6, 6.07) is 1.89. The van der Waals surface area contributed by atoms with E-state index in [4.69, 9.17) is 15.9 Å². The van der Waals surface area contributed by atoms with Gasteiger partial charge < -0.3 is 15.8 Å². The predicted octanol–water partition coefficient (Wildman–Crippen LogP) is 1.04. The summed E-state index contributed by atoms with van der Waals surface area (Å²) in [6.45, 7) is 5.06.